The van der Waals surface area contributed by atoms with Gasteiger partial charge in [0, 0.05) is 6.72 Å². The Morgan fingerprint density at radius 1 is 1.55 bits per heavy atom. The smallest absolute Gasteiger partial charge is 0.151 e. The van der Waals surface area contributed by atoms with Crippen molar-refractivity contribution in [1.29, 1.82) is 0 Å². The lowest BCUT2D eigenvalue weighted by molar-refractivity contribution is -0.115. The van der Waals surface area contributed by atoms with Gasteiger partial charge < -0.3 is 4.84 Å². The molecule has 4 heteroatoms. The summed E-state index contributed by atoms with van der Waals surface area (Å²) in [6.07, 6.45) is 0. The van der Waals surface area contributed by atoms with E-state index in [-0.39, 0.29) is 19.8 Å². The van der Waals surface area contributed by atoms with Gasteiger partial charge in [-0.15, -0.1) is 5.16 Å². The zero-order valence-corrected chi connectivity index (χ0v) is 6.33. The average molecular weight is 160 g/mol. The number of aliphatic imine (C=N–C) groups is 1. The molecule has 0 aromatic heterocycles. The first-order chi connectivity index (χ1) is 4.68. The Bertz CT molecular complexity index is 113. The molecule has 0 amide bonds. The molecule has 0 fully saturated rings. The fourth-order valence-electron chi connectivity index (χ4n) is 0.157. The Morgan fingerprint density at radius 2 is 1.91 bits per heavy atom. The highest BCUT2D eigenvalue weighted by molar-refractivity contribution is 5.78. The highest BCUT2D eigenvalue weighted by Crippen LogP contribution is 1.65. The summed E-state index contributed by atoms with van der Waals surface area (Å²) in [5.74, 6) is 0.0602. The van der Waals surface area contributed by atoms with Gasteiger partial charge in [0.25, 0.3) is 0 Å². The number of Topliss-reactive ketones (excluding diaryl/α,β-unsaturated/α-hetero) is 1. The molecule has 0 aliphatic carbocycles. The van der Waals surface area contributed by atoms with Crippen LogP contribution in [0.15, 0.2) is 10.1 Å². The number of carbonyl (C=O) groups is 1. The van der Waals surface area contributed by atoms with E-state index in [0.29, 0.717) is 0 Å². The number of hydrogen-bond acceptors (Lipinski definition) is 4. The van der Waals surface area contributed by atoms with E-state index in [1.807, 2.05) is 0 Å². The second-order valence-electron chi connectivity index (χ2n) is 1.40. The molecule has 0 bridgehead atoms. The minimum atomic E-state index is 0. The van der Waals surface area contributed by atoms with Crippen LogP contribution in [0.1, 0.15) is 14.4 Å². The van der Waals surface area contributed by atoms with Crippen LogP contribution in [0.5, 0.6) is 0 Å². The maximum atomic E-state index is 9.91. The van der Waals surface area contributed by atoms with Gasteiger partial charge in [-0.1, -0.05) is 7.43 Å². The summed E-state index contributed by atoms with van der Waals surface area (Å²) in [6.45, 7) is 7.87. The number of oxime groups is 1. The third kappa shape index (κ3) is 51.7. The van der Waals surface area contributed by atoms with E-state index in [1.165, 1.54) is 14.0 Å². The highest BCUT2D eigenvalue weighted by atomic mass is 16.6. The van der Waals surface area contributed by atoms with Crippen LogP contribution in [0, 0.1) is 0 Å². The van der Waals surface area contributed by atoms with Crippen molar-refractivity contribution < 1.29 is 9.63 Å². The van der Waals surface area contributed by atoms with Crippen molar-refractivity contribution in [1.82, 2.24) is 0 Å². The molecule has 0 saturated carbocycles. The number of ketones is 1. The number of hydrogen-bond donors (Lipinski definition) is 0. The Morgan fingerprint density at radius 3 is 1.91 bits per heavy atom. The third-order valence-corrected chi connectivity index (χ3v) is 0.464. The van der Waals surface area contributed by atoms with Crippen LogP contribution in [0.25, 0.3) is 0 Å². The first-order valence-corrected chi connectivity index (χ1v) is 2.60. The van der Waals surface area contributed by atoms with Crippen LogP contribution in [0.4, 0.5) is 0 Å². The van der Waals surface area contributed by atoms with Crippen molar-refractivity contribution in [2.24, 2.45) is 10.1 Å². The van der Waals surface area contributed by atoms with Crippen molar-refractivity contribution in [3.63, 3.8) is 0 Å². The van der Waals surface area contributed by atoms with Crippen molar-refractivity contribution >= 4 is 19.2 Å². The normalized spacial score (nSPS) is 6.00. The van der Waals surface area contributed by atoms with E-state index >= 15 is 0 Å². The summed E-state index contributed by atoms with van der Waals surface area (Å²) in [7, 11) is 1.45. The lowest BCUT2D eigenvalue weighted by Crippen LogP contribution is -1.91. The van der Waals surface area contributed by atoms with Crippen LogP contribution in [0.3, 0.4) is 0 Å². The van der Waals surface area contributed by atoms with Crippen LogP contribution in [-0.2, 0) is 9.63 Å². The Balaban J connectivity index is -0.000000114. The molecule has 0 heterocycles. The maximum Gasteiger partial charge on any atom is 0.151 e. The molecule has 0 rings (SSSR count). The van der Waals surface area contributed by atoms with E-state index in [9.17, 15) is 4.79 Å². The van der Waals surface area contributed by atoms with Gasteiger partial charge in [-0.25, -0.2) is 0 Å². The van der Waals surface area contributed by atoms with Gasteiger partial charge in [-0.05, 0) is 13.6 Å². The molecular weight excluding hydrogens is 144 g/mol. The first kappa shape index (κ1) is 16.4. The first-order valence-electron chi connectivity index (χ1n) is 2.60. The van der Waals surface area contributed by atoms with Gasteiger partial charge in [0.05, 0.1) is 6.54 Å². The Kier molecular flexibility index (Phi) is 23.8. The van der Waals surface area contributed by atoms with Crippen LogP contribution in [0.2, 0.25) is 0 Å². The maximum absolute atomic E-state index is 9.91. The molecule has 0 spiro atoms. The summed E-state index contributed by atoms with van der Waals surface area (Å²) in [4.78, 5) is 17.3. The van der Waals surface area contributed by atoms with Gasteiger partial charge in [0.2, 0.25) is 0 Å². The van der Waals surface area contributed by atoms with Gasteiger partial charge in [0.15, 0.2) is 5.78 Å². The van der Waals surface area contributed by atoms with Crippen molar-refractivity contribution in [2.75, 3.05) is 13.7 Å². The standard InChI is InChI=1S/C4H7NO.C2H5NO.CH4/c1-4(6)3-5-2;1-3-4-2;/h2-3H2,1H3;1H2,2H3;1H4. The van der Waals surface area contributed by atoms with E-state index in [0.717, 1.165) is 0 Å². The lowest BCUT2D eigenvalue weighted by atomic mass is 10.5. The molecule has 0 N–H and O–H groups in total. The van der Waals surface area contributed by atoms with Crippen molar-refractivity contribution in [3.8, 4) is 0 Å². The quantitative estimate of drug-likeness (QED) is 0.459. The Labute approximate surface area is 68.0 Å². The monoisotopic (exact) mass is 160 g/mol. The molecule has 0 unspecified atom stereocenters. The Hall–Kier alpha value is -1.19. The summed E-state index contributed by atoms with van der Waals surface area (Å²) >= 11 is 0. The summed E-state index contributed by atoms with van der Waals surface area (Å²) in [6, 6.07) is 0. The molecule has 11 heavy (non-hydrogen) atoms. The third-order valence-electron chi connectivity index (χ3n) is 0.464. The average Bonchev–Trinajstić information content (AvgIpc) is 1.89. The van der Waals surface area contributed by atoms with Crippen LogP contribution >= 0.6 is 0 Å². The fraction of sp³-hybridized carbons (Fsp3) is 0.571. The molecule has 0 aromatic carbocycles. The molecule has 0 aliphatic heterocycles. The van der Waals surface area contributed by atoms with Gasteiger partial charge in [-0.3, -0.25) is 9.79 Å². The fourth-order valence-corrected chi connectivity index (χ4v) is 0.157. The summed E-state index contributed by atoms with van der Waals surface area (Å²) in [5.41, 5.74) is 0. The van der Waals surface area contributed by atoms with Crippen LogP contribution in [-0.4, -0.2) is 32.9 Å². The van der Waals surface area contributed by atoms with E-state index < -0.39 is 0 Å². The number of carbonyl (C=O) groups excluding carboxylic acids is 1. The predicted molar refractivity (Wildman–Crippen MR) is 48.4 cm³/mol. The number of rotatable bonds is 3. The molecule has 0 atom stereocenters. The largest absolute Gasteiger partial charge is 0.400 e. The van der Waals surface area contributed by atoms with E-state index in [4.69, 9.17) is 0 Å². The molecule has 0 aliphatic rings. The lowest BCUT2D eigenvalue weighted by Gasteiger charge is -1.76. The van der Waals surface area contributed by atoms with Crippen molar-refractivity contribution in [3.05, 3.63) is 0 Å². The van der Waals surface area contributed by atoms with Gasteiger partial charge in [0.1, 0.15) is 7.11 Å². The predicted octanol–water partition coefficient (Wildman–Crippen LogP) is 1.16. The topological polar surface area (TPSA) is 51.0 Å². The second-order valence-corrected chi connectivity index (χ2v) is 1.40. The second kappa shape index (κ2) is 15.9. The summed E-state index contributed by atoms with van der Waals surface area (Å²) < 4.78 is 0. The molecule has 0 aromatic rings. The minimum Gasteiger partial charge on any atom is -0.400 e. The van der Waals surface area contributed by atoms with E-state index in [1.54, 1.807) is 0 Å². The molecule has 4 nitrogen and oxygen atoms in total. The van der Waals surface area contributed by atoms with Gasteiger partial charge in [-0.2, -0.15) is 0 Å². The molecular formula is C7H16N2O2. The zero-order chi connectivity index (χ0) is 8.41. The minimum absolute atomic E-state index is 0. The zero-order valence-electron chi connectivity index (χ0n) is 6.33. The molecule has 0 radical (unpaired) electrons. The molecule has 66 valence electrons. The SMILES string of the molecule is C.C=NCC(C)=O.C=NOC. The number of nitrogens with zero attached hydrogens (tertiary/aromatic N) is 2. The molecule has 0 saturated heterocycles. The highest BCUT2D eigenvalue weighted by Gasteiger charge is 1.81. The van der Waals surface area contributed by atoms with E-state index in [2.05, 4.69) is 28.4 Å². The summed E-state index contributed by atoms with van der Waals surface area (Å²) in [5, 5.41) is 2.99. The van der Waals surface area contributed by atoms with Gasteiger partial charge >= 0.3 is 0 Å². The van der Waals surface area contributed by atoms with Crippen LogP contribution < -0.4 is 0 Å². The van der Waals surface area contributed by atoms with Crippen molar-refractivity contribution in [2.45, 2.75) is 14.4 Å².